The van der Waals surface area contributed by atoms with Gasteiger partial charge in [0.1, 0.15) is 11.2 Å². The molecule has 0 fully saturated rings. The Morgan fingerprint density at radius 2 is 2.24 bits per heavy atom. The highest BCUT2D eigenvalue weighted by atomic mass is 32.1. The number of para-hydroxylation sites is 1. The maximum atomic E-state index is 12.7. The zero-order chi connectivity index (χ0) is 17.6. The number of hydrogen-bond donors (Lipinski definition) is 3. The van der Waals surface area contributed by atoms with Crippen molar-refractivity contribution in [2.45, 2.75) is 26.1 Å². The van der Waals surface area contributed by atoms with Crippen LogP contribution in [0.25, 0.3) is 0 Å². The van der Waals surface area contributed by atoms with Crippen molar-refractivity contribution >= 4 is 22.2 Å². The number of hydrogen-bond acceptors (Lipinski definition) is 6. The summed E-state index contributed by atoms with van der Waals surface area (Å²) in [5.74, 6) is 0.405. The smallest absolute Gasteiger partial charge is 0.256 e. The van der Waals surface area contributed by atoms with Gasteiger partial charge in [-0.05, 0) is 32.0 Å². The number of likely N-dealkylation sites (N-methyl/N-ethyl adjacent to an activating group) is 1. The summed E-state index contributed by atoms with van der Waals surface area (Å²) in [6.07, 6.45) is 0.418. The van der Waals surface area contributed by atoms with E-state index < -0.39 is 6.17 Å². The Hall–Kier alpha value is -2.25. The molecule has 7 heteroatoms. The number of amides is 1. The molecule has 0 radical (unpaired) electrons. The molecular weight excluding hydrogens is 338 g/mol. The molecule has 4 rings (SSSR count). The highest BCUT2D eigenvalue weighted by molar-refractivity contribution is 7.16. The van der Waals surface area contributed by atoms with Crippen molar-refractivity contribution in [1.29, 1.82) is 0 Å². The van der Waals surface area contributed by atoms with Gasteiger partial charge in [-0.25, -0.2) is 0 Å². The third-order valence-corrected chi connectivity index (χ3v) is 5.81. The van der Waals surface area contributed by atoms with E-state index in [2.05, 4.69) is 22.6 Å². The lowest BCUT2D eigenvalue weighted by Crippen LogP contribution is -2.38. The maximum absolute atomic E-state index is 12.7. The molecule has 132 valence electrons. The molecule has 1 amide bonds. The number of aromatic hydroxyl groups is 1. The van der Waals surface area contributed by atoms with Gasteiger partial charge >= 0.3 is 0 Å². The van der Waals surface area contributed by atoms with Gasteiger partial charge < -0.3 is 25.4 Å². The average molecular weight is 359 g/mol. The first kappa shape index (κ1) is 16.2. The first-order valence-corrected chi connectivity index (χ1v) is 9.25. The maximum Gasteiger partial charge on any atom is 0.256 e. The molecule has 2 aromatic rings. The summed E-state index contributed by atoms with van der Waals surface area (Å²) in [5, 5.41) is 17.7. The zero-order valence-electron chi connectivity index (χ0n) is 14.3. The average Bonchev–Trinajstić information content (AvgIpc) is 2.94. The number of carbonyl (C=O) groups excluding carboxylic acids is 1. The largest absolute Gasteiger partial charge is 0.504 e. The molecule has 0 bridgehead atoms. The van der Waals surface area contributed by atoms with Gasteiger partial charge in [0.25, 0.3) is 5.91 Å². The van der Waals surface area contributed by atoms with Crippen molar-refractivity contribution in [2.24, 2.45) is 0 Å². The Morgan fingerprint density at radius 3 is 3.04 bits per heavy atom. The minimum atomic E-state index is -0.474. The van der Waals surface area contributed by atoms with Gasteiger partial charge in [0.05, 0.1) is 12.2 Å². The number of fused-ring (bicyclic) bond motifs is 3. The SMILES string of the molecule is CCOc1cccc(C2NC(=O)c3c(sc4c3CCN(C)C4)N2)c1O. The molecule has 1 unspecified atom stereocenters. The molecule has 1 aromatic carbocycles. The third-order valence-electron chi connectivity index (χ3n) is 4.67. The fourth-order valence-corrected chi connectivity index (χ4v) is 4.80. The molecule has 1 aromatic heterocycles. The second-order valence-corrected chi connectivity index (χ2v) is 7.48. The topological polar surface area (TPSA) is 73.8 Å². The molecule has 3 N–H and O–H groups in total. The quantitative estimate of drug-likeness (QED) is 0.786. The molecule has 0 saturated heterocycles. The van der Waals surface area contributed by atoms with Crippen LogP contribution in [0.4, 0.5) is 5.00 Å². The van der Waals surface area contributed by atoms with E-state index in [1.807, 2.05) is 13.0 Å². The van der Waals surface area contributed by atoms with Crippen molar-refractivity contribution in [3.8, 4) is 11.5 Å². The third kappa shape index (κ3) is 2.73. The minimum absolute atomic E-state index is 0.0617. The molecule has 25 heavy (non-hydrogen) atoms. The summed E-state index contributed by atoms with van der Waals surface area (Å²) >= 11 is 1.64. The van der Waals surface area contributed by atoms with Gasteiger partial charge in [-0.3, -0.25) is 4.79 Å². The van der Waals surface area contributed by atoms with Crippen LogP contribution in [0.2, 0.25) is 0 Å². The molecule has 1 atom stereocenters. The number of carbonyl (C=O) groups is 1. The number of anilines is 1. The van der Waals surface area contributed by atoms with E-state index in [1.165, 1.54) is 4.88 Å². The first-order valence-electron chi connectivity index (χ1n) is 8.43. The van der Waals surface area contributed by atoms with Crippen molar-refractivity contribution in [3.63, 3.8) is 0 Å². The highest BCUT2D eigenvalue weighted by Crippen LogP contribution is 2.42. The Kier molecular flexibility index (Phi) is 4.05. The Labute approximate surface area is 150 Å². The molecule has 2 aliphatic rings. The summed E-state index contributed by atoms with van der Waals surface area (Å²) in [6.45, 7) is 4.17. The normalized spacial score (nSPS) is 19.6. The van der Waals surface area contributed by atoms with Gasteiger partial charge in [-0.1, -0.05) is 12.1 Å². The number of phenolic OH excluding ortho intramolecular Hbond substituents is 1. The predicted octanol–water partition coefficient (Wildman–Crippen LogP) is 2.69. The zero-order valence-corrected chi connectivity index (χ0v) is 15.1. The number of benzene rings is 1. The van der Waals surface area contributed by atoms with E-state index >= 15 is 0 Å². The molecule has 6 nitrogen and oxygen atoms in total. The van der Waals surface area contributed by atoms with Crippen molar-refractivity contribution in [3.05, 3.63) is 39.8 Å². The number of nitrogens with zero attached hydrogens (tertiary/aromatic N) is 1. The predicted molar refractivity (Wildman–Crippen MR) is 97.5 cm³/mol. The lowest BCUT2D eigenvalue weighted by atomic mass is 10.0. The fourth-order valence-electron chi connectivity index (χ4n) is 3.44. The number of phenols is 1. The molecule has 2 aliphatic heterocycles. The molecular formula is C18H21N3O3S. The van der Waals surface area contributed by atoms with Crippen LogP contribution < -0.4 is 15.4 Å². The van der Waals surface area contributed by atoms with Crippen LogP contribution in [0.1, 0.15) is 39.5 Å². The number of nitrogens with one attached hydrogen (secondary N) is 2. The number of rotatable bonds is 3. The lowest BCUT2D eigenvalue weighted by Gasteiger charge is -2.28. The summed E-state index contributed by atoms with van der Waals surface area (Å²) in [4.78, 5) is 16.2. The van der Waals surface area contributed by atoms with Crippen molar-refractivity contribution < 1.29 is 14.6 Å². The standard InChI is InChI=1S/C18H21N3O3S/c1-3-24-12-6-4-5-11(15(12)22)16-19-17(23)14-10-7-8-21(2)9-13(10)25-18(14)20-16/h4-6,16,20,22H,3,7-9H2,1-2H3,(H,19,23). The summed E-state index contributed by atoms with van der Waals surface area (Å²) in [7, 11) is 2.09. The molecule has 0 saturated carbocycles. The first-order chi connectivity index (χ1) is 12.1. The monoisotopic (exact) mass is 359 g/mol. The Balaban J connectivity index is 1.69. The summed E-state index contributed by atoms with van der Waals surface area (Å²) in [6, 6.07) is 5.33. The highest BCUT2D eigenvalue weighted by Gasteiger charge is 2.33. The van der Waals surface area contributed by atoms with Gasteiger partial charge in [0.15, 0.2) is 11.5 Å². The van der Waals surface area contributed by atoms with Crippen molar-refractivity contribution in [1.82, 2.24) is 10.2 Å². The Bertz CT molecular complexity index is 833. The van der Waals surface area contributed by atoms with E-state index in [9.17, 15) is 9.90 Å². The second kappa shape index (κ2) is 6.24. The van der Waals surface area contributed by atoms with Gasteiger partial charge in [0.2, 0.25) is 0 Å². The lowest BCUT2D eigenvalue weighted by molar-refractivity contribution is 0.0934. The van der Waals surface area contributed by atoms with Crippen LogP contribution in [0.5, 0.6) is 11.5 Å². The van der Waals surface area contributed by atoms with Crippen LogP contribution in [0, 0.1) is 0 Å². The van der Waals surface area contributed by atoms with Gasteiger partial charge in [0, 0.05) is 23.5 Å². The van der Waals surface area contributed by atoms with Crippen LogP contribution in [0.3, 0.4) is 0 Å². The van der Waals surface area contributed by atoms with Crippen LogP contribution in [-0.4, -0.2) is 36.1 Å². The van der Waals surface area contributed by atoms with Gasteiger partial charge in [-0.15, -0.1) is 11.3 Å². The van der Waals surface area contributed by atoms with E-state index in [0.717, 1.165) is 35.6 Å². The van der Waals surface area contributed by atoms with Crippen LogP contribution in [-0.2, 0) is 13.0 Å². The van der Waals surface area contributed by atoms with E-state index in [4.69, 9.17) is 4.74 Å². The number of thiophene rings is 1. The molecule has 0 spiro atoms. The molecule has 3 heterocycles. The Morgan fingerprint density at radius 1 is 1.40 bits per heavy atom. The summed E-state index contributed by atoms with van der Waals surface area (Å²) < 4.78 is 5.45. The number of ether oxygens (including phenoxy) is 1. The summed E-state index contributed by atoms with van der Waals surface area (Å²) in [5.41, 5.74) is 2.53. The van der Waals surface area contributed by atoms with E-state index in [0.29, 0.717) is 17.9 Å². The molecule has 0 aliphatic carbocycles. The van der Waals surface area contributed by atoms with Crippen molar-refractivity contribution in [2.75, 3.05) is 25.5 Å². The van der Waals surface area contributed by atoms with E-state index in [-0.39, 0.29) is 11.7 Å². The minimum Gasteiger partial charge on any atom is -0.504 e. The fraction of sp³-hybridized carbons (Fsp3) is 0.389. The van der Waals surface area contributed by atoms with Crippen LogP contribution in [0.15, 0.2) is 18.2 Å². The van der Waals surface area contributed by atoms with Gasteiger partial charge in [-0.2, -0.15) is 0 Å². The van der Waals surface area contributed by atoms with E-state index in [1.54, 1.807) is 23.5 Å². The second-order valence-electron chi connectivity index (χ2n) is 6.37. The van der Waals surface area contributed by atoms with Crippen LogP contribution >= 0.6 is 11.3 Å².